The zero-order valence-corrected chi connectivity index (χ0v) is 17.3. The lowest BCUT2D eigenvalue weighted by Crippen LogP contribution is -2.55. The summed E-state index contributed by atoms with van der Waals surface area (Å²) in [6.45, 7) is 9.04. The molecule has 7 nitrogen and oxygen atoms in total. The fourth-order valence-corrected chi connectivity index (χ4v) is 3.41. The number of carbonyl (C=O) groups is 1. The summed E-state index contributed by atoms with van der Waals surface area (Å²) >= 11 is 6.40. The van der Waals surface area contributed by atoms with Gasteiger partial charge in [0.15, 0.2) is 0 Å². The van der Waals surface area contributed by atoms with Crippen molar-refractivity contribution < 1.29 is 9.53 Å². The van der Waals surface area contributed by atoms with Crippen LogP contribution in [0.4, 0.5) is 10.5 Å². The van der Waals surface area contributed by atoms with E-state index in [2.05, 4.69) is 5.10 Å². The molecule has 0 N–H and O–H groups in total. The van der Waals surface area contributed by atoms with Crippen LogP contribution >= 0.6 is 11.6 Å². The van der Waals surface area contributed by atoms with E-state index in [0.717, 1.165) is 0 Å². The van der Waals surface area contributed by atoms with Crippen LogP contribution in [-0.2, 0) is 4.74 Å². The summed E-state index contributed by atoms with van der Waals surface area (Å²) in [5.74, 6) is 0. The predicted octanol–water partition coefficient (Wildman–Crippen LogP) is 3.33. The zero-order chi connectivity index (χ0) is 20.5. The number of nitrogens with zero attached hydrogens (tertiary/aromatic N) is 4. The van der Waals surface area contributed by atoms with Gasteiger partial charge < -0.3 is 14.5 Å². The maximum absolute atomic E-state index is 12.7. The monoisotopic (exact) mass is 404 g/mol. The quantitative estimate of drug-likeness (QED) is 0.768. The van der Waals surface area contributed by atoms with Gasteiger partial charge in [-0.1, -0.05) is 29.8 Å². The Kier molecular flexibility index (Phi) is 5.65. The van der Waals surface area contributed by atoms with Gasteiger partial charge in [0.25, 0.3) is 5.56 Å². The molecule has 0 saturated carbocycles. The van der Waals surface area contributed by atoms with E-state index in [1.165, 1.54) is 4.68 Å². The number of aromatic nitrogens is 2. The Morgan fingerprint density at radius 3 is 2.50 bits per heavy atom. The summed E-state index contributed by atoms with van der Waals surface area (Å²) in [4.78, 5) is 28.8. The van der Waals surface area contributed by atoms with E-state index in [0.29, 0.717) is 31.0 Å². The fraction of sp³-hybridized carbons (Fsp3) is 0.450. The summed E-state index contributed by atoms with van der Waals surface area (Å²) in [6, 6.07) is 9.05. The number of hydrogen-bond donors (Lipinski definition) is 0. The van der Waals surface area contributed by atoms with Crippen LogP contribution in [0.25, 0.3) is 5.69 Å². The highest BCUT2D eigenvalue weighted by Crippen LogP contribution is 2.25. The topological polar surface area (TPSA) is 67.7 Å². The SMILES string of the molecule is C[C@@H]1CN(c2cnn(-c3ccccc3)c(=O)c2Cl)CCN1C(=O)OC(C)(C)C. The Morgan fingerprint density at radius 2 is 1.89 bits per heavy atom. The van der Waals surface area contributed by atoms with Crippen molar-refractivity contribution >= 4 is 23.4 Å². The molecule has 1 saturated heterocycles. The molecule has 1 aromatic heterocycles. The van der Waals surface area contributed by atoms with Crippen molar-refractivity contribution in [3.05, 3.63) is 51.9 Å². The number of para-hydroxylation sites is 1. The molecule has 3 rings (SSSR count). The van der Waals surface area contributed by atoms with Crippen molar-refractivity contribution in [3.63, 3.8) is 0 Å². The third kappa shape index (κ3) is 4.30. The number of rotatable bonds is 2. The molecule has 1 aliphatic heterocycles. The minimum atomic E-state index is -0.539. The van der Waals surface area contributed by atoms with Crippen LogP contribution in [0.15, 0.2) is 41.3 Å². The van der Waals surface area contributed by atoms with Gasteiger partial charge in [-0.3, -0.25) is 4.79 Å². The van der Waals surface area contributed by atoms with Crippen molar-refractivity contribution in [1.29, 1.82) is 0 Å². The third-order valence-electron chi connectivity index (χ3n) is 4.50. The molecule has 2 aromatic rings. The van der Waals surface area contributed by atoms with Crippen molar-refractivity contribution in [2.24, 2.45) is 0 Å². The standard InChI is InChI=1S/C20H25ClN4O3/c1-14-13-23(10-11-24(14)19(27)28-20(2,3)4)16-12-22-25(18(26)17(16)21)15-8-6-5-7-9-15/h5-9,12,14H,10-11,13H2,1-4H3/t14-/m1/s1. The number of carbonyl (C=O) groups excluding carboxylic acids is 1. The van der Waals surface area contributed by atoms with E-state index < -0.39 is 5.60 Å². The molecule has 0 bridgehead atoms. The molecular weight excluding hydrogens is 380 g/mol. The first kappa shape index (κ1) is 20.2. The van der Waals surface area contributed by atoms with Gasteiger partial charge >= 0.3 is 6.09 Å². The van der Waals surface area contributed by atoms with Gasteiger partial charge in [-0.15, -0.1) is 0 Å². The molecule has 0 spiro atoms. The van der Waals surface area contributed by atoms with Crippen LogP contribution in [0.2, 0.25) is 5.02 Å². The van der Waals surface area contributed by atoms with E-state index in [1.807, 2.05) is 50.8 Å². The second-order valence-corrected chi connectivity index (χ2v) is 8.24. The maximum atomic E-state index is 12.7. The van der Waals surface area contributed by atoms with Gasteiger partial charge in [-0.2, -0.15) is 9.78 Å². The molecule has 150 valence electrons. The minimum absolute atomic E-state index is 0.0868. The van der Waals surface area contributed by atoms with Crippen LogP contribution in [0.5, 0.6) is 0 Å². The van der Waals surface area contributed by atoms with Gasteiger partial charge in [0.2, 0.25) is 0 Å². The van der Waals surface area contributed by atoms with Gasteiger partial charge in [0.05, 0.1) is 17.6 Å². The summed E-state index contributed by atoms with van der Waals surface area (Å²) in [7, 11) is 0. The van der Waals surface area contributed by atoms with Crippen LogP contribution in [0, 0.1) is 0 Å². The van der Waals surface area contributed by atoms with E-state index in [4.69, 9.17) is 16.3 Å². The Morgan fingerprint density at radius 1 is 1.21 bits per heavy atom. The number of anilines is 1. The van der Waals surface area contributed by atoms with E-state index in [1.54, 1.807) is 23.2 Å². The van der Waals surface area contributed by atoms with E-state index in [9.17, 15) is 9.59 Å². The number of amides is 1. The normalized spacial score (nSPS) is 17.5. The summed E-state index contributed by atoms with van der Waals surface area (Å²) in [5.41, 5.74) is 0.328. The van der Waals surface area contributed by atoms with Crippen LogP contribution in [0.1, 0.15) is 27.7 Å². The molecule has 0 radical (unpaired) electrons. The van der Waals surface area contributed by atoms with Crippen LogP contribution in [0.3, 0.4) is 0 Å². The first-order valence-electron chi connectivity index (χ1n) is 9.25. The minimum Gasteiger partial charge on any atom is -0.444 e. The molecule has 1 aromatic carbocycles. The maximum Gasteiger partial charge on any atom is 0.410 e. The van der Waals surface area contributed by atoms with Gasteiger partial charge in [-0.05, 0) is 39.8 Å². The van der Waals surface area contributed by atoms with Gasteiger partial charge in [0, 0.05) is 25.7 Å². The largest absolute Gasteiger partial charge is 0.444 e. The molecule has 28 heavy (non-hydrogen) atoms. The Bertz CT molecular complexity index is 908. The second-order valence-electron chi connectivity index (χ2n) is 7.87. The Balaban J connectivity index is 1.78. The van der Waals surface area contributed by atoms with E-state index in [-0.39, 0.29) is 22.7 Å². The lowest BCUT2D eigenvalue weighted by atomic mass is 10.2. The molecule has 1 aliphatic rings. The molecule has 8 heteroatoms. The highest BCUT2D eigenvalue weighted by atomic mass is 35.5. The average Bonchev–Trinajstić information content (AvgIpc) is 2.63. The molecule has 0 aliphatic carbocycles. The third-order valence-corrected chi connectivity index (χ3v) is 4.85. The van der Waals surface area contributed by atoms with E-state index >= 15 is 0 Å². The lowest BCUT2D eigenvalue weighted by Gasteiger charge is -2.41. The number of halogens is 1. The molecule has 1 atom stereocenters. The fourth-order valence-electron chi connectivity index (χ4n) is 3.17. The van der Waals surface area contributed by atoms with Crippen molar-refractivity contribution in [3.8, 4) is 5.69 Å². The lowest BCUT2D eigenvalue weighted by molar-refractivity contribution is 0.0159. The van der Waals surface area contributed by atoms with Crippen LogP contribution < -0.4 is 10.5 Å². The molecule has 1 fully saturated rings. The number of piperazine rings is 1. The molecule has 0 unspecified atom stereocenters. The highest BCUT2D eigenvalue weighted by molar-refractivity contribution is 6.33. The number of benzene rings is 1. The van der Waals surface area contributed by atoms with Gasteiger partial charge in [0.1, 0.15) is 10.6 Å². The molecule has 1 amide bonds. The first-order chi connectivity index (χ1) is 13.2. The van der Waals surface area contributed by atoms with Crippen LogP contribution in [-0.4, -0.2) is 52.1 Å². The zero-order valence-electron chi connectivity index (χ0n) is 16.6. The first-order valence-corrected chi connectivity index (χ1v) is 9.63. The van der Waals surface area contributed by atoms with Gasteiger partial charge in [-0.25, -0.2) is 4.79 Å². The summed E-state index contributed by atoms with van der Waals surface area (Å²) in [6.07, 6.45) is 1.27. The van der Waals surface area contributed by atoms with Crippen molar-refractivity contribution in [2.75, 3.05) is 24.5 Å². The average molecular weight is 405 g/mol. The Labute approximate surface area is 169 Å². The smallest absolute Gasteiger partial charge is 0.410 e. The Hall–Kier alpha value is -2.54. The predicted molar refractivity (Wildman–Crippen MR) is 109 cm³/mol. The molecule has 2 heterocycles. The highest BCUT2D eigenvalue weighted by Gasteiger charge is 2.32. The number of hydrogen-bond acceptors (Lipinski definition) is 5. The molecular formula is C20H25ClN4O3. The summed E-state index contributed by atoms with van der Waals surface area (Å²) < 4.78 is 6.76. The number of ether oxygens (including phenoxy) is 1. The van der Waals surface area contributed by atoms with Crippen molar-refractivity contribution in [2.45, 2.75) is 39.3 Å². The van der Waals surface area contributed by atoms with Crippen molar-refractivity contribution in [1.82, 2.24) is 14.7 Å². The second kappa shape index (κ2) is 7.83. The summed E-state index contributed by atoms with van der Waals surface area (Å²) in [5, 5.41) is 4.41.